The fourth-order valence-corrected chi connectivity index (χ4v) is 3.78. The molecule has 0 radical (unpaired) electrons. The number of amides is 1. The molecule has 0 saturated carbocycles. The molecule has 29 heavy (non-hydrogen) atoms. The molecule has 1 amide bonds. The first-order chi connectivity index (χ1) is 14.0. The van der Waals surface area contributed by atoms with Gasteiger partial charge in [-0.15, -0.1) is 16.8 Å². The maximum atomic E-state index is 13.8. The smallest absolute Gasteiger partial charge is 0.254 e. The summed E-state index contributed by atoms with van der Waals surface area (Å²) in [5, 5.41) is 12.7. The van der Waals surface area contributed by atoms with E-state index in [1.165, 1.54) is 30.0 Å². The van der Waals surface area contributed by atoms with Gasteiger partial charge in [-0.25, -0.2) is 4.39 Å². The van der Waals surface area contributed by atoms with E-state index in [0.717, 1.165) is 5.56 Å². The number of hydrogen-bond donors (Lipinski definition) is 1. The number of halogens is 3. The molecule has 0 saturated heterocycles. The second-order valence-electron chi connectivity index (χ2n) is 6.00. The van der Waals surface area contributed by atoms with Gasteiger partial charge < -0.3 is 9.88 Å². The van der Waals surface area contributed by atoms with Crippen LogP contribution in [0.3, 0.4) is 0 Å². The summed E-state index contributed by atoms with van der Waals surface area (Å²) in [5.41, 5.74) is 0.975. The minimum Gasteiger partial charge on any atom is -0.345 e. The summed E-state index contributed by atoms with van der Waals surface area (Å²) in [6.07, 6.45) is 1.72. The van der Waals surface area contributed by atoms with Crippen LogP contribution in [0.15, 0.2) is 60.3 Å². The Hall–Kier alpha value is -2.35. The molecule has 3 rings (SSSR count). The van der Waals surface area contributed by atoms with Crippen molar-refractivity contribution in [2.24, 2.45) is 0 Å². The van der Waals surface area contributed by atoms with Crippen LogP contribution in [0, 0.1) is 5.82 Å². The third-order valence-corrected chi connectivity index (χ3v) is 5.76. The molecule has 150 valence electrons. The van der Waals surface area contributed by atoms with E-state index in [1.807, 2.05) is 10.6 Å². The van der Waals surface area contributed by atoms with Gasteiger partial charge in [-0.05, 0) is 29.8 Å². The number of benzene rings is 2. The highest BCUT2D eigenvalue weighted by Gasteiger charge is 2.15. The Bertz CT molecular complexity index is 1040. The number of hydrogen-bond acceptors (Lipinski definition) is 4. The summed E-state index contributed by atoms with van der Waals surface area (Å²) in [5.74, 6) is 0.0798. The molecule has 0 aliphatic carbocycles. The van der Waals surface area contributed by atoms with Crippen molar-refractivity contribution in [3.8, 4) is 0 Å². The van der Waals surface area contributed by atoms with Gasteiger partial charge in [0, 0.05) is 12.3 Å². The largest absolute Gasteiger partial charge is 0.345 e. The number of nitrogens with zero attached hydrogens (tertiary/aromatic N) is 3. The molecule has 9 heteroatoms. The maximum absolute atomic E-state index is 13.8. The topological polar surface area (TPSA) is 59.8 Å². The Labute approximate surface area is 181 Å². The standard InChI is InChI=1S/C20H17Cl2FN4OS/c1-2-9-27-18(11-24-19(28)14-5-3-4-6-17(14)23)25-26-20(27)29-12-13-7-8-15(21)16(22)10-13/h2-8,10H,1,9,11-12H2,(H,24,28). The van der Waals surface area contributed by atoms with Gasteiger partial charge in [0.15, 0.2) is 11.0 Å². The van der Waals surface area contributed by atoms with Crippen molar-refractivity contribution in [1.82, 2.24) is 20.1 Å². The molecule has 0 aliphatic heterocycles. The third kappa shape index (κ3) is 5.38. The van der Waals surface area contributed by atoms with Gasteiger partial charge >= 0.3 is 0 Å². The Balaban J connectivity index is 1.69. The summed E-state index contributed by atoms with van der Waals surface area (Å²) in [6.45, 7) is 4.34. The van der Waals surface area contributed by atoms with Gasteiger partial charge in [0.25, 0.3) is 5.91 Å². The number of allylic oxidation sites excluding steroid dienone is 1. The van der Waals surface area contributed by atoms with E-state index in [1.54, 1.807) is 24.3 Å². The molecule has 0 unspecified atom stereocenters. The molecule has 0 bridgehead atoms. The highest BCUT2D eigenvalue weighted by atomic mass is 35.5. The van der Waals surface area contributed by atoms with Crippen LogP contribution in [0.1, 0.15) is 21.7 Å². The molecule has 0 atom stereocenters. The Morgan fingerprint density at radius 2 is 2.00 bits per heavy atom. The molecule has 3 aromatic rings. The van der Waals surface area contributed by atoms with Crippen LogP contribution in [0.5, 0.6) is 0 Å². The number of thioether (sulfide) groups is 1. The lowest BCUT2D eigenvalue weighted by Crippen LogP contribution is -2.25. The summed E-state index contributed by atoms with van der Waals surface area (Å²) in [4.78, 5) is 12.2. The van der Waals surface area contributed by atoms with Gasteiger partial charge in [-0.2, -0.15) is 0 Å². The van der Waals surface area contributed by atoms with Gasteiger partial charge in [0.1, 0.15) is 5.82 Å². The predicted molar refractivity (Wildman–Crippen MR) is 114 cm³/mol. The normalized spacial score (nSPS) is 10.7. The number of carbonyl (C=O) groups excluding carboxylic acids is 1. The first-order valence-electron chi connectivity index (χ1n) is 8.62. The van der Waals surface area contributed by atoms with Crippen molar-refractivity contribution in [1.29, 1.82) is 0 Å². The zero-order valence-electron chi connectivity index (χ0n) is 15.2. The van der Waals surface area contributed by atoms with Crippen LogP contribution < -0.4 is 5.32 Å². The molecule has 1 heterocycles. The first-order valence-corrected chi connectivity index (χ1v) is 10.4. The van der Waals surface area contributed by atoms with E-state index < -0.39 is 11.7 Å². The van der Waals surface area contributed by atoms with Gasteiger partial charge in [0.05, 0.1) is 22.2 Å². The molecule has 1 N–H and O–H groups in total. The van der Waals surface area contributed by atoms with Gasteiger partial charge in [0.2, 0.25) is 0 Å². The highest BCUT2D eigenvalue weighted by molar-refractivity contribution is 7.98. The second-order valence-corrected chi connectivity index (χ2v) is 7.75. The van der Waals surface area contributed by atoms with E-state index in [2.05, 4.69) is 22.1 Å². The Kier molecular flexibility index (Phi) is 7.30. The fourth-order valence-electron chi connectivity index (χ4n) is 2.55. The number of rotatable bonds is 8. The van der Waals surface area contributed by atoms with Crippen molar-refractivity contribution in [3.63, 3.8) is 0 Å². The van der Waals surface area contributed by atoms with Crippen LogP contribution in [-0.2, 0) is 18.8 Å². The maximum Gasteiger partial charge on any atom is 0.254 e. The van der Waals surface area contributed by atoms with E-state index in [4.69, 9.17) is 23.2 Å². The van der Waals surface area contributed by atoms with Gasteiger partial charge in [-0.3, -0.25) is 4.79 Å². The summed E-state index contributed by atoms with van der Waals surface area (Å²) >= 11 is 13.5. The monoisotopic (exact) mass is 450 g/mol. The third-order valence-electron chi connectivity index (χ3n) is 3.98. The molecule has 2 aromatic carbocycles. The van der Waals surface area contributed by atoms with Crippen LogP contribution in [0.25, 0.3) is 0 Å². The van der Waals surface area contributed by atoms with Gasteiger partial charge in [-0.1, -0.05) is 59.2 Å². The molecular formula is C20H17Cl2FN4OS. The minimum absolute atomic E-state index is 0.0171. The van der Waals surface area contributed by atoms with Crippen molar-refractivity contribution in [2.75, 3.05) is 0 Å². The Morgan fingerprint density at radius 1 is 1.21 bits per heavy atom. The molecule has 5 nitrogen and oxygen atoms in total. The lowest BCUT2D eigenvalue weighted by Gasteiger charge is -2.09. The van der Waals surface area contributed by atoms with Crippen LogP contribution in [0.4, 0.5) is 4.39 Å². The lowest BCUT2D eigenvalue weighted by molar-refractivity contribution is 0.0945. The first kappa shape index (κ1) is 21.4. The van der Waals surface area contributed by atoms with E-state index in [-0.39, 0.29) is 12.1 Å². The zero-order chi connectivity index (χ0) is 20.8. The quantitative estimate of drug-likeness (QED) is 0.381. The average molecular weight is 451 g/mol. The van der Waals surface area contributed by atoms with Crippen molar-refractivity contribution in [3.05, 3.63) is 87.9 Å². The lowest BCUT2D eigenvalue weighted by atomic mass is 10.2. The van der Waals surface area contributed by atoms with E-state index >= 15 is 0 Å². The summed E-state index contributed by atoms with van der Waals surface area (Å²) < 4.78 is 15.6. The van der Waals surface area contributed by atoms with Crippen LogP contribution >= 0.6 is 35.0 Å². The van der Waals surface area contributed by atoms with Crippen LogP contribution in [0.2, 0.25) is 10.0 Å². The Morgan fingerprint density at radius 3 is 2.72 bits per heavy atom. The summed E-state index contributed by atoms with van der Waals surface area (Å²) in [7, 11) is 0. The van der Waals surface area contributed by atoms with E-state index in [0.29, 0.717) is 33.3 Å². The molecule has 1 aromatic heterocycles. The number of carbonyl (C=O) groups is 1. The van der Waals surface area contributed by atoms with Crippen molar-refractivity contribution < 1.29 is 9.18 Å². The van der Waals surface area contributed by atoms with Crippen LogP contribution in [-0.4, -0.2) is 20.7 Å². The minimum atomic E-state index is -0.574. The molecule has 0 spiro atoms. The average Bonchev–Trinajstić information content (AvgIpc) is 3.09. The van der Waals surface area contributed by atoms with Crippen molar-refractivity contribution in [2.45, 2.75) is 24.0 Å². The molecule has 0 aliphatic rings. The van der Waals surface area contributed by atoms with E-state index in [9.17, 15) is 9.18 Å². The SMILES string of the molecule is C=CCn1c(CNC(=O)c2ccccc2F)nnc1SCc1ccc(Cl)c(Cl)c1. The number of aromatic nitrogens is 3. The zero-order valence-corrected chi connectivity index (χ0v) is 17.6. The molecule has 0 fully saturated rings. The number of nitrogens with one attached hydrogen (secondary N) is 1. The fraction of sp³-hybridized carbons (Fsp3) is 0.150. The predicted octanol–water partition coefficient (Wildman–Crippen LogP) is 5.13. The molecular weight excluding hydrogens is 434 g/mol. The van der Waals surface area contributed by atoms with Crippen molar-refractivity contribution >= 4 is 40.9 Å². The highest BCUT2D eigenvalue weighted by Crippen LogP contribution is 2.27. The summed E-state index contributed by atoms with van der Waals surface area (Å²) in [6, 6.07) is 11.3. The second kappa shape index (κ2) is 9.91.